The van der Waals surface area contributed by atoms with Gasteiger partial charge in [0.2, 0.25) is 0 Å². The van der Waals surface area contributed by atoms with E-state index in [1.807, 2.05) is 30.3 Å². The molecular formula is C22H28O3. The number of aldehydes is 1. The minimum Gasteiger partial charge on any atom is -0.497 e. The maximum absolute atomic E-state index is 11.3. The molecule has 0 radical (unpaired) electrons. The highest BCUT2D eigenvalue weighted by molar-refractivity contribution is 5.51. The summed E-state index contributed by atoms with van der Waals surface area (Å²) in [5, 5.41) is 0. The number of hydrogen-bond acceptors (Lipinski definition) is 3. The molecule has 0 heterocycles. The molecule has 0 aliphatic carbocycles. The van der Waals surface area contributed by atoms with Crippen LogP contribution in [0.25, 0.3) is 0 Å². The molecule has 0 bridgehead atoms. The fourth-order valence-corrected chi connectivity index (χ4v) is 3.11. The summed E-state index contributed by atoms with van der Waals surface area (Å²) in [5.41, 5.74) is 1.97. The van der Waals surface area contributed by atoms with Gasteiger partial charge in [-0.2, -0.15) is 0 Å². The van der Waals surface area contributed by atoms with Crippen molar-refractivity contribution in [2.45, 2.75) is 51.2 Å². The lowest BCUT2D eigenvalue weighted by Gasteiger charge is -2.32. The number of carbonyl (C=O) groups excluding carboxylic acids is 1. The Kier molecular flexibility index (Phi) is 7.68. The van der Waals surface area contributed by atoms with Crippen LogP contribution in [0.5, 0.6) is 5.75 Å². The molecule has 0 spiro atoms. The Bertz CT molecular complexity index is 621. The van der Waals surface area contributed by atoms with Crippen molar-refractivity contribution in [1.82, 2.24) is 0 Å². The van der Waals surface area contributed by atoms with Crippen LogP contribution >= 0.6 is 0 Å². The van der Waals surface area contributed by atoms with E-state index in [9.17, 15) is 4.79 Å². The maximum atomic E-state index is 11.3. The van der Waals surface area contributed by atoms with Crippen LogP contribution in [0, 0.1) is 0 Å². The number of hydrogen-bond donors (Lipinski definition) is 0. The lowest BCUT2D eigenvalue weighted by Crippen LogP contribution is -2.34. The average Bonchev–Trinajstić information content (AvgIpc) is 2.66. The maximum Gasteiger partial charge on any atom is 0.122 e. The van der Waals surface area contributed by atoms with E-state index in [1.54, 1.807) is 7.11 Å². The molecule has 134 valence electrons. The van der Waals surface area contributed by atoms with Gasteiger partial charge < -0.3 is 14.3 Å². The van der Waals surface area contributed by atoms with Gasteiger partial charge in [0.1, 0.15) is 12.0 Å². The van der Waals surface area contributed by atoms with Crippen molar-refractivity contribution in [3.8, 4) is 5.75 Å². The molecule has 2 aromatic rings. The highest BCUT2D eigenvalue weighted by atomic mass is 16.5. The summed E-state index contributed by atoms with van der Waals surface area (Å²) < 4.78 is 11.5. The molecular weight excluding hydrogens is 312 g/mol. The third-order valence-electron chi connectivity index (χ3n) is 4.58. The van der Waals surface area contributed by atoms with Gasteiger partial charge in [-0.15, -0.1) is 0 Å². The summed E-state index contributed by atoms with van der Waals surface area (Å²) in [6, 6.07) is 18.3. The first-order valence-electron chi connectivity index (χ1n) is 8.96. The molecule has 3 nitrogen and oxygen atoms in total. The number of carbonyl (C=O) groups is 1. The number of rotatable bonds is 11. The summed E-state index contributed by atoms with van der Waals surface area (Å²) in [4.78, 5) is 11.3. The van der Waals surface area contributed by atoms with Gasteiger partial charge in [0.25, 0.3) is 0 Å². The van der Waals surface area contributed by atoms with Crippen LogP contribution in [0.1, 0.15) is 43.7 Å². The van der Waals surface area contributed by atoms with Crippen LogP contribution in [0.15, 0.2) is 54.6 Å². The highest BCUT2D eigenvalue weighted by Gasteiger charge is 2.29. The molecule has 0 fully saturated rings. The molecule has 3 heteroatoms. The Morgan fingerprint density at radius 3 is 2.28 bits per heavy atom. The van der Waals surface area contributed by atoms with E-state index in [0.717, 1.165) is 43.3 Å². The lowest BCUT2D eigenvalue weighted by molar-refractivity contribution is -0.119. The van der Waals surface area contributed by atoms with Gasteiger partial charge in [0.15, 0.2) is 0 Å². The Labute approximate surface area is 151 Å². The molecule has 2 aromatic carbocycles. The van der Waals surface area contributed by atoms with E-state index < -0.39 is 5.60 Å². The van der Waals surface area contributed by atoms with Gasteiger partial charge in [0, 0.05) is 6.42 Å². The molecule has 0 aliphatic heterocycles. The number of aryl methyl sites for hydroxylation is 1. The van der Waals surface area contributed by atoms with Crippen molar-refractivity contribution in [1.29, 1.82) is 0 Å². The lowest BCUT2D eigenvalue weighted by atomic mass is 9.87. The molecule has 0 unspecified atom stereocenters. The third kappa shape index (κ3) is 6.02. The zero-order valence-electron chi connectivity index (χ0n) is 15.2. The summed E-state index contributed by atoms with van der Waals surface area (Å²) in [7, 11) is 1.66. The van der Waals surface area contributed by atoms with Gasteiger partial charge >= 0.3 is 0 Å². The van der Waals surface area contributed by atoms with E-state index >= 15 is 0 Å². The second-order valence-electron chi connectivity index (χ2n) is 6.43. The van der Waals surface area contributed by atoms with Crippen molar-refractivity contribution in [3.05, 3.63) is 65.7 Å². The minimum absolute atomic E-state index is 0.397. The van der Waals surface area contributed by atoms with Crippen LogP contribution in [-0.2, 0) is 22.6 Å². The largest absolute Gasteiger partial charge is 0.497 e. The first-order chi connectivity index (χ1) is 12.2. The SMILES string of the molecule is CCC[C@](CC=O)(CCc1ccccc1)OCc1ccc(OC)cc1. The van der Waals surface area contributed by atoms with E-state index in [2.05, 4.69) is 31.2 Å². The monoisotopic (exact) mass is 340 g/mol. The van der Waals surface area contributed by atoms with Crippen molar-refractivity contribution in [3.63, 3.8) is 0 Å². The summed E-state index contributed by atoms with van der Waals surface area (Å²) in [5.74, 6) is 0.834. The van der Waals surface area contributed by atoms with E-state index in [1.165, 1.54) is 5.56 Å². The minimum atomic E-state index is -0.397. The second-order valence-corrected chi connectivity index (χ2v) is 6.43. The van der Waals surface area contributed by atoms with E-state index in [-0.39, 0.29) is 0 Å². The van der Waals surface area contributed by atoms with Crippen LogP contribution in [0.3, 0.4) is 0 Å². The molecule has 0 aliphatic rings. The van der Waals surface area contributed by atoms with Crippen molar-refractivity contribution >= 4 is 6.29 Å². The number of benzene rings is 2. The Balaban J connectivity index is 2.05. The Hall–Kier alpha value is -2.13. The summed E-state index contributed by atoms with van der Waals surface area (Å²) in [6.45, 7) is 2.64. The Morgan fingerprint density at radius 2 is 1.68 bits per heavy atom. The molecule has 0 N–H and O–H groups in total. The first kappa shape index (κ1) is 19.2. The number of methoxy groups -OCH3 is 1. The van der Waals surface area contributed by atoms with Crippen LogP contribution in [-0.4, -0.2) is 19.0 Å². The average molecular weight is 340 g/mol. The Morgan fingerprint density at radius 1 is 0.960 bits per heavy atom. The topological polar surface area (TPSA) is 35.5 Å². The summed E-state index contributed by atoms with van der Waals surface area (Å²) in [6.07, 6.45) is 5.06. The fourth-order valence-electron chi connectivity index (χ4n) is 3.11. The quantitative estimate of drug-likeness (QED) is 0.542. The smallest absolute Gasteiger partial charge is 0.122 e. The second kappa shape index (κ2) is 10.00. The predicted octanol–water partition coefficient (Wildman–Crippen LogP) is 4.97. The molecule has 0 saturated carbocycles. The normalized spacial score (nSPS) is 13.2. The molecule has 1 atom stereocenters. The molecule has 0 saturated heterocycles. The van der Waals surface area contributed by atoms with Crippen LogP contribution in [0.4, 0.5) is 0 Å². The third-order valence-corrected chi connectivity index (χ3v) is 4.58. The standard InChI is InChI=1S/C22H28O3/c1-3-14-22(16-17-23,15-13-19-7-5-4-6-8-19)25-18-20-9-11-21(24-2)12-10-20/h4-12,17H,3,13-16,18H2,1-2H3/t22-/m1/s1. The molecule has 0 aromatic heterocycles. The van der Waals surface area contributed by atoms with Crippen LogP contribution < -0.4 is 4.74 Å². The van der Waals surface area contributed by atoms with Crippen molar-refractivity contribution in [2.75, 3.05) is 7.11 Å². The molecule has 2 rings (SSSR count). The van der Waals surface area contributed by atoms with E-state index in [0.29, 0.717) is 13.0 Å². The fraction of sp³-hybridized carbons (Fsp3) is 0.409. The van der Waals surface area contributed by atoms with Gasteiger partial charge in [0.05, 0.1) is 19.3 Å². The van der Waals surface area contributed by atoms with Gasteiger partial charge in [-0.1, -0.05) is 55.8 Å². The van der Waals surface area contributed by atoms with Gasteiger partial charge in [-0.25, -0.2) is 0 Å². The first-order valence-corrected chi connectivity index (χ1v) is 8.96. The molecule has 0 amide bonds. The highest BCUT2D eigenvalue weighted by Crippen LogP contribution is 2.29. The molecule has 25 heavy (non-hydrogen) atoms. The zero-order valence-corrected chi connectivity index (χ0v) is 15.2. The zero-order chi connectivity index (χ0) is 18.0. The van der Waals surface area contributed by atoms with Gasteiger partial charge in [-0.05, 0) is 42.5 Å². The van der Waals surface area contributed by atoms with Gasteiger partial charge in [-0.3, -0.25) is 0 Å². The van der Waals surface area contributed by atoms with Crippen molar-refractivity contribution < 1.29 is 14.3 Å². The van der Waals surface area contributed by atoms with E-state index in [4.69, 9.17) is 9.47 Å². The number of ether oxygens (including phenoxy) is 2. The summed E-state index contributed by atoms with van der Waals surface area (Å²) >= 11 is 0. The van der Waals surface area contributed by atoms with Crippen LogP contribution in [0.2, 0.25) is 0 Å². The van der Waals surface area contributed by atoms with Crippen molar-refractivity contribution in [2.24, 2.45) is 0 Å². The predicted molar refractivity (Wildman–Crippen MR) is 101 cm³/mol.